The summed E-state index contributed by atoms with van der Waals surface area (Å²) in [5.74, 6) is 0. The highest BCUT2D eigenvalue weighted by Gasteiger charge is 2.24. The van der Waals surface area contributed by atoms with Gasteiger partial charge in [0.15, 0.2) is 0 Å². The van der Waals surface area contributed by atoms with Crippen LogP contribution in [0.5, 0.6) is 0 Å². The Kier molecular flexibility index (Phi) is 7.57. The smallest absolute Gasteiger partial charge is 0.293 e. The first-order chi connectivity index (χ1) is 15.3. The van der Waals surface area contributed by atoms with Crippen molar-refractivity contribution in [2.75, 3.05) is 32.5 Å². The normalized spacial score (nSPS) is 11.6. The molecule has 0 spiro atoms. The van der Waals surface area contributed by atoms with Crippen LogP contribution in [0.25, 0.3) is 0 Å². The van der Waals surface area contributed by atoms with Crippen molar-refractivity contribution in [2.45, 2.75) is 10.9 Å². The van der Waals surface area contributed by atoms with Gasteiger partial charge in [0.1, 0.15) is 5.69 Å². The predicted molar refractivity (Wildman–Crippen MR) is 125 cm³/mol. The van der Waals surface area contributed by atoms with E-state index in [2.05, 4.69) is 10.0 Å². The van der Waals surface area contributed by atoms with Gasteiger partial charge in [-0.2, -0.15) is 0 Å². The number of nitro benzene ring substituents is 1. The number of nitro groups is 1. The molecule has 0 aliphatic heterocycles. The summed E-state index contributed by atoms with van der Waals surface area (Å²) in [6.07, 6.45) is 0. The van der Waals surface area contributed by atoms with E-state index in [4.69, 9.17) is 0 Å². The van der Waals surface area contributed by atoms with Gasteiger partial charge in [-0.25, -0.2) is 13.1 Å². The summed E-state index contributed by atoms with van der Waals surface area (Å²) in [7, 11) is -0.213. The average Bonchev–Trinajstić information content (AvgIpc) is 2.78. The van der Waals surface area contributed by atoms with Gasteiger partial charge in [0.25, 0.3) is 5.69 Å². The SMILES string of the molecule is CN(C)CCNS(=O)(=O)c1ccc(NC(c2ccccc2)c2ccccc2)c([N+](=O)[O-])c1. The zero-order chi connectivity index (χ0) is 23.1. The lowest BCUT2D eigenvalue weighted by molar-refractivity contribution is -0.384. The maximum Gasteiger partial charge on any atom is 0.293 e. The molecule has 0 aliphatic rings. The molecular weight excluding hydrogens is 428 g/mol. The quantitative estimate of drug-likeness (QED) is 0.358. The number of hydrogen-bond donors (Lipinski definition) is 2. The zero-order valence-electron chi connectivity index (χ0n) is 17.9. The monoisotopic (exact) mass is 454 g/mol. The molecule has 0 saturated carbocycles. The maximum absolute atomic E-state index is 12.6. The summed E-state index contributed by atoms with van der Waals surface area (Å²) in [5.41, 5.74) is 1.78. The molecule has 0 atom stereocenters. The Morgan fingerprint density at radius 3 is 2.00 bits per heavy atom. The van der Waals surface area contributed by atoms with Crippen LogP contribution in [0.15, 0.2) is 83.8 Å². The van der Waals surface area contributed by atoms with Crippen molar-refractivity contribution in [1.29, 1.82) is 0 Å². The molecule has 3 rings (SSSR count). The van der Waals surface area contributed by atoms with E-state index in [0.29, 0.717) is 6.54 Å². The van der Waals surface area contributed by atoms with Crippen molar-refractivity contribution >= 4 is 21.4 Å². The average molecular weight is 455 g/mol. The third-order valence-corrected chi connectivity index (χ3v) is 6.35. The first-order valence-corrected chi connectivity index (χ1v) is 11.6. The standard InChI is InChI=1S/C23H26N4O4S/c1-26(2)16-15-24-32(30,31)20-13-14-21(22(17-20)27(28)29)25-23(18-9-5-3-6-10-18)19-11-7-4-8-12-19/h3-14,17,23-25H,15-16H2,1-2H3. The van der Waals surface area contributed by atoms with Crippen molar-refractivity contribution in [3.05, 3.63) is 100 Å². The highest BCUT2D eigenvalue weighted by atomic mass is 32.2. The molecule has 168 valence electrons. The molecule has 2 N–H and O–H groups in total. The molecule has 9 heteroatoms. The zero-order valence-corrected chi connectivity index (χ0v) is 18.7. The van der Waals surface area contributed by atoms with Gasteiger partial charge in [-0.1, -0.05) is 60.7 Å². The van der Waals surface area contributed by atoms with Crippen molar-refractivity contribution in [1.82, 2.24) is 9.62 Å². The lowest BCUT2D eigenvalue weighted by Gasteiger charge is -2.21. The molecule has 3 aromatic rings. The molecule has 3 aromatic carbocycles. The van der Waals surface area contributed by atoms with Crippen LogP contribution in [0.3, 0.4) is 0 Å². The molecule has 0 unspecified atom stereocenters. The van der Waals surface area contributed by atoms with Gasteiger partial charge in [0.05, 0.1) is 15.9 Å². The third kappa shape index (κ3) is 5.91. The van der Waals surface area contributed by atoms with Gasteiger partial charge < -0.3 is 10.2 Å². The predicted octanol–water partition coefficient (Wildman–Crippen LogP) is 3.64. The van der Waals surface area contributed by atoms with Crippen LogP contribution in [0.1, 0.15) is 17.2 Å². The molecule has 0 bridgehead atoms. The Morgan fingerprint density at radius 2 is 1.50 bits per heavy atom. The maximum atomic E-state index is 12.6. The van der Waals surface area contributed by atoms with E-state index in [1.807, 2.05) is 79.7 Å². The molecule has 0 saturated heterocycles. The number of benzene rings is 3. The second-order valence-corrected chi connectivity index (χ2v) is 9.30. The van der Waals surface area contributed by atoms with Crippen LogP contribution in [-0.4, -0.2) is 45.4 Å². The van der Waals surface area contributed by atoms with Crippen LogP contribution < -0.4 is 10.0 Å². The number of sulfonamides is 1. The Hall–Kier alpha value is -3.27. The van der Waals surface area contributed by atoms with Crippen LogP contribution in [0.4, 0.5) is 11.4 Å². The van der Waals surface area contributed by atoms with Gasteiger partial charge in [-0.15, -0.1) is 0 Å². The van der Waals surface area contributed by atoms with E-state index < -0.39 is 14.9 Å². The van der Waals surface area contributed by atoms with Gasteiger partial charge in [0, 0.05) is 19.2 Å². The van der Waals surface area contributed by atoms with Gasteiger partial charge in [0.2, 0.25) is 10.0 Å². The highest BCUT2D eigenvalue weighted by molar-refractivity contribution is 7.89. The Labute approximate surface area is 188 Å². The topological polar surface area (TPSA) is 105 Å². The van der Waals surface area contributed by atoms with E-state index in [1.165, 1.54) is 12.1 Å². The Morgan fingerprint density at radius 1 is 0.938 bits per heavy atom. The van der Waals surface area contributed by atoms with E-state index in [1.54, 1.807) is 0 Å². The summed E-state index contributed by atoms with van der Waals surface area (Å²) < 4.78 is 27.7. The van der Waals surface area contributed by atoms with E-state index in [0.717, 1.165) is 17.2 Å². The van der Waals surface area contributed by atoms with Crippen molar-refractivity contribution < 1.29 is 13.3 Å². The lowest BCUT2D eigenvalue weighted by atomic mass is 9.98. The molecule has 8 nitrogen and oxygen atoms in total. The fourth-order valence-electron chi connectivity index (χ4n) is 3.24. The summed E-state index contributed by atoms with van der Waals surface area (Å²) in [6.45, 7) is 0.712. The molecule has 0 aromatic heterocycles. The van der Waals surface area contributed by atoms with Crippen molar-refractivity contribution in [3.8, 4) is 0 Å². The van der Waals surface area contributed by atoms with Crippen LogP contribution >= 0.6 is 0 Å². The summed E-state index contributed by atoms with van der Waals surface area (Å²) in [4.78, 5) is 12.9. The summed E-state index contributed by atoms with van der Waals surface area (Å²) in [6, 6.07) is 22.7. The van der Waals surface area contributed by atoms with E-state index >= 15 is 0 Å². The number of nitrogens with zero attached hydrogens (tertiary/aromatic N) is 2. The second-order valence-electron chi connectivity index (χ2n) is 7.54. The van der Waals surface area contributed by atoms with E-state index in [-0.39, 0.29) is 28.9 Å². The molecule has 0 radical (unpaired) electrons. The first kappa shape index (κ1) is 23.4. The lowest BCUT2D eigenvalue weighted by Crippen LogP contribution is -2.31. The minimum atomic E-state index is -3.87. The third-order valence-electron chi connectivity index (χ3n) is 4.89. The van der Waals surface area contributed by atoms with Crippen LogP contribution in [0, 0.1) is 10.1 Å². The number of hydrogen-bond acceptors (Lipinski definition) is 6. The molecule has 0 fully saturated rings. The Balaban J connectivity index is 1.95. The number of anilines is 1. The fourth-order valence-corrected chi connectivity index (χ4v) is 4.28. The highest BCUT2D eigenvalue weighted by Crippen LogP contribution is 2.33. The molecule has 0 heterocycles. The first-order valence-electron chi connectivity index (χ1n) is 10.1. The number of likely N-dealkylation sites (N-methyl/N-ethyl adjacent to an activating group) is 1. The minimum absolute atomic E-state index is 0.149. The minimum Gasteiger partial charge on any atom is -0.369 e. The molecular formula is C23H26N4O4S. The number of nitrogens with one attached hydrogen (secondary N) is 2. The second kappa shape index (κ2) is 10.4. The summed E-state index contributed by atoms with van der Waals surface area (Å²) in [5, 5.41) is 15.0. The Bertz CT molecular complexity index is 1110. The van der Waals surface area contributed by atoms with Gasteiger partial charge >= 0.3 is 0 Å². The van der Waals surface area contributed by atoms with Crippen molar-refractivity contribution in [2.24, 2.45) is 0 Å². The van der Waals surface area contributed by atoms with Gasteiger partial charge in [-0.3, -0.25) is 10.1 Å². The number of rotatable bonds is 10. The van der Waals surface area contributed by atoms with Crippen molar-refractivity contribution in [3.63, 3.8) is 0 Å². The fraction of sp³-hybridized carbons (Fsp3) is 0.217. The molecule has 0 aliphatic carbocycles. The van der Waals surface area contributed by atoms with Gasteiger partial charge in [-0.05, 0) is 37.4 Å². The largest absolute Gasteiger partial charge is 0.369 e. The molecule has 0 amide bonds. The molecule has 32 heavy (non-hydrogen) atoms. The van der Waals surface area contributed by atoms with Crippen LogP contribution in [-0.2, 0) is 10.0 Å². The summed E-state index contributed by atoms with van der Waals surface area (Å²) >= 11 is 0. The van der Waals surface area contributed by atoms with E-state index in [9.17, 15) is 18.5 Å². The van der Waals surface area contributed by atoms with Crippen LogP contribution in [0.2, 0.25) is 0 Å².